The van der Waals surface area contributed by atoms with Crippen LogP contribution in [0, 0.1) is 0 Å². The van der Waals surface area contributed by atoms with Crippen LogP contribution in [0.1, 0.15) is 32.6 Å². The van der Waals surface area contributed by atoms with E-state index in [2.05, 4.69) is 9.97 Å². The third-order valence-electron chi connectivity index (χ3n) is 3.33. The fourth-order valence-corrected chi connectivity index (χ4v) is 3.94. The topological polar surface area (TPSA) is 72.4 Å². The van der Waals surface area contributed by atoms with Crippen LogP contribution in [0.2, 0.25) is 0 Å². The molecule has 2 heterocycles. The molecule has 7 heteroatoms. The van der Waals surface area contributed by atoms with Crippen LogP contribution in [-0.4, -0.2) is 47.6 Å². The maximum absolute atomic E-state index is 12.2. The van der Waals surface area contributed by atoms with Gasteiger partial charge in [-0.05, 0) is 19.3 Å². The highest BCUT2D eigenvalue weighted by Gasteiger charge is 2.29. The molecule has 1 saturated heterocycles. The standard InChI is InChI=1S/C13H21N3O3S/c1-2-3-9-20(17,18)16-8-4-5-12(10-16)19-13-6-7-14-11-15-13/h6-7,11-12H,2-5,8-10H2,1H3. The van der Waals surface area contributed by atoms with Crippen LogP contribution in [0.25, 0.3) is 0 Å². The van der Waals surface area contributed by atoms with E-state index in [1.165, 1.54) is 6.33 Å². The first-order valence-corrected chi connectivity index (χ1v) is 8.63. The second-order valence-corrected chi connectivity index (χ2v) is 7.05. The van der Waals surface area contributed by atoms with Crippen LogP contribution < -0.4 is 4.74 Å². The summed E-state index contributed by atoms with van der Waals surface area (Å²) in [6, 6.07) is 1.69. The summed E-state index contributed by atoms with van der Waals surface area (Å²) in [6.07, 6.45) is 6.17. The minimum Gasteiger partial charge on any atom is -0.473 e. The summed E-state index contributed by atoms with van der Waals surface area (Å²) in [4.78, 5) is 7.84. The molecule has 1 unspecified atom stereocenters. The quantitative estimate of drug-likeness (QED) is 0.795. The SMILES string of the molecule is CCCCS(=O)(=O)N1CCCC(Oc2ccncn2)C1. The number of aromatic nitrogens is 2. The van der Waals surface area contributed by atoms with Gasteiger partial charge in [-0.15, -0.1) is 0 Å². The molecule has 112 valence electrons. The van der Waals surface area contributed by atoms with Crippen molar-refractivity contribution < 1.29 is 13.2 Å². The molecular weight excluding hydrogens is 278 g/mol. The van der Waals surface area contributed by atoms with Gasteiger partial charge in [-0.3, -0.25) is 0 Å². The van der Waals surface area contributed by atoms with E-state index in [1.54, 1.807) is 16.6 Å². The normalized spacial score (nSPS) is 20.8. The molecule has 0 N–H and O–H groups in total. The lowest BCUT2D eigenvalue weighted by molar-refractivity contribution is 0.124. The Hall–Kier alpha value is -1.21. The predicted molar refractivity (Wildman–Crippen MR) is 75.9 cm³/mol. The fraction of sp³-hybridized carbons (Fsp3) is 0.692. The molecule has 1 atom stereocenters. The maximum atomic E-state index is 12.2. The van der Waals surface area contributed by atoms with Gasteiger partial charge in [0.1, 0.15) is 12.4 Å². The Morgan fingerprint density at radius 2 is 2.35 bits per heavy atom. The van der Waals surface area contributed by atoms with Gasteiger partial charge in [0.25, 0.3) is 0 Å². The Morgan fingerprint density at radius 1 is 1.50 bits per heavy atom. The van der Waals surface area contributed by atoms with Gasteiger partial charge >= 0.3 is 0 Å². The second kappa shape index (κ2) is 6.99. The third kappa shape index (κ3) is 4.14. The molecule has 0 saturated carbocycles. The van der Waals surface area contributed by atoms with Crippen LogP contribution in [-0.2, 0) is 10.0 Å². The first-order valence-electron chi connectivity index (χ1n) is 7.02. The lowest BCUT2D eigenvalue weighted by atomic mass is 10.1. The Bertz CT molecular complexity index is 507. The number of rotatable bonds is 6. The average molecular weight is 299 g/mol. The Morgan fingerprint density at radius 3 is 3.05 bits per heavy atom. The van der Waals surface area contributed by atoms with E-state index >= 15 is 0 Å². The zero-order chi connectivity index (χ0) is 14.4. The van der Waals surface area contributed by atoms with Gasteiger partial charge < -0.3 is 4.74 Å². The number of piperidine rings is 1. The number of hydrogen-bond acceptors (Lipinski definition) is 5. The largest absolute Gasteiger partial charge is 0.473 e. The molecule has 0 spiro atoms. The van der Waals surface area contributed by atoms with Crippen molar-refractivity contribution in [2.45, 2.75) is 38.7 Å². The van der Waals surface area contributed by atoms with Gasteiger partial charge in [0, 0.05) is 18.8 Å². The van der Waals surface area contributed by atoms with Crippen molar-refractivity contribution in [3.05, 3.63) is 18.6 Å². The summed E-state index contributed by atoms with van der Waals surface area (Å²) in [5.41, 5.74) is 0. The number of nitrogens with zero attached hydrogens (tertiary/aromatic N) is 3. The van der Waals surface area contributed by atoms with Crippen molar-refractivity contribution in [3.8, 4) is 5.88 Å². The molecule has 0 amide bonds. The summed E-state index contributed by atoms with van der Waals surface area (Å²) in [5, 5.41) is 0. The lowest BCUT2D eigenvalue weighted by Crippen LogP contribution is -2.45. The fourth-order valence-electron chi connectivity index (χ4n) is 2.23. The van der Waals surface area contributed by atoms with Gasteiger partial charge in [0.05, 0.1) is 12.3 Å². The predicted octanol–water partition coefficient (Wildman–Crippen LogP) is 1.45. The molecule has 0 aliphatic carbocycles. The second-order valence-electron chi connectivity index (χ2n) is 4.96. The Labute approximate surface area is 120 Å². The van der Waals surface area contributed by atoms with Gasteiger partial charge in [0.15, 0.2) is 0 Å². The van der Waals surface area contributed by atoms with E-state index in [0.29, 0.717) is 25.4 Å². The molecule has 20 heavy (non-hydrogen) atoms. The zero-order valence-corrected chi connectivity index (χ0v) is 12.6. The number of hydrogen-bond donors (Lipinski definition) is 0. The summed E-state index contributed by atoms with van der Waals surface area (Å²) >= 11 is 0. The first-order chi connectivity index (χ1) is 9.62. The Balaban J connectivity index is 1.95. The van der Waals surface area contributed by atoms with Crippen molar-refractivity contribution in [2.75, 3.05) is 18.8 Å². The van der Waals surface area contributed by atoms with Crippen LogP contribution in [0.4, 0.5) is 0 Å². The number of sulfonamides is 1. The zero-order valence-electron chi connectivity index (χ0n) is 11.7. The van der Waals surface area contributed by atoms with Gasteiger partial charge in [-0.2, -0.15) is 4.31 Å². The van der Waals surface area contributed by atoms with E-state index in [4.69, 9.17) is 4.74 Å². The third-order valence-corrected chi connectivity index (χ3v) is 5.26. The summed E-state index contributed by atoms with van der Waals surface area (Å²) < 4.78 is 31.7. The number of unbranched alkanes of at least 4 members (excludes halogenated alkanes) is 1. The molecule has 1 aliphatic rings. The van der Waals surface area contributed by atoms with Crippen molar-refractivity contribution in [1.82, 2.24) is 14.3 Å². The van der Waals surface area contributed by atoms with Gasteiger partial charge in [-0.25, -0.2) is 18.4 Å². The van der Waals surface area contributed by atoms with E-state index in [9.17, 15) is 8.42 Å². The minimum atomic E-state index is -3.15. The monoisotopic (exact) mass is 299 g/mol. The van der Waals surface area contributed by atoms with E-state index < -0.39 is 10.0 Å². The van der Waals surface area contributed by atoms with Crippen molar-refractivity contribution in [1.29, 1.82) is 0 Å². The van der Waals surface area contributed by atoms with Crippen LogP contribution >= 0.6 is 0 Å². The van der Waals surface area contributed by atoms with E-state index in [-0.39, 0.29) is 11.9 Å². The van der Waals surface area contributed by atoms with Gasteiger partial charge in [0.2, 0.25) is 15.9 Å². The van der Waals surface area contributed by atoms with E-state index in [1.807, 2.05) is 6.92 Å². The average Bonchev–Trinajstić information content (AvgIpc) is 2.47. The van der Waals surface area contributed by atoms with Crippen molar-refractivity contribution in [2.24, 2.45) is 0 Å². The molecule has 0 aromatic carbocycles. The van der Waals surface area contributed by atoms with Crippen LogP contribution in [0.5, 0.6) is 5.88 Å². The van der Waals surface area contributed by atoms with Crippen molar-refractivity contribution >= 4 is 10.0 Å². The molecule has 1 aromatic heterocycles. The number of ether oxygens (including phenoxy) is 1. The Kier molecular flexibility index (Phi) is 5.31. The summed E-state index contributed by atoms with van der Waals surface area (Å²) in [7, 11) is -3.15. The summed E-state index contributed by atoms with van der Waals surface area (Å²) in [5.74, 6) is 0.724. The lowest BCUT2D eigenvalue weighted by Gasteiger charge is -2.31. The van der Waals surface area contributed by atoms with Crippen LogP contribution in [0.15, 0.2) is 18.6 Å². The van der Waals surface area contributed by atoms with Gasteiger partial charge in [-0.1, -0.05) is 13.3 Å². The summed E-state index contributed by atoms with van der Waals surface area (Å²) in [6.45, 7) is 3.00. The molecular formula is C13H21N3O3S. The highest BCUT2D eigenvalue weighted by Crippen LogP contribution is 2.19. The first kappa shape index (κ1) is 15.2. The molecule has 6 nitrogen and oxygen atoms in total. The molecule has 0 radical (unpaired) electrons. The smallest absolute Gasteiger partial charge is 0.216 e. The van der Waals surface area contributed by atoms with Crippen molar-refractivity contribution in [3.63, 3.8) is 0 Å². The van der Waals surface area contributed by atoms with Crippen LogP contribution in [0.3, 0.4) is 0 Å². The molecule has 1 fully saturated rings. The highest BCUT2D eigenvalue weighted by molar-refractivity contribution is 7.89. The molecule has 0 bridgehead atoms. The highest BCUT2D eigenvalue weighted by atomic mass is 32.2. The molecule has 1 aromatic rings. The molecule has 1 aliphatic heterocycles. The minimum absolute atomic E-state index is 0.130. The molecule has 2 rings (SSSR count). The van der Waals surface area contributed by atoms with E-state index in [0.717, 1.165) is 19.3 Å². The maximum Gasteiger partial charge on any atom is 0.216 e.